The van der Waals surface area contributed by atoms with E-state index in [1.807, 2.05) is 19.9 Å². The second-order valence-electron chi connectivity index (χ2n) is 3.79. The predicted molar refractivity (Wildman–Crippen MR) is 58.0 cm³/mol. The minimum absolute atomic E-state index is 0.0665. The van der Waals surface area contributed by atoms with Gasteiger partial charge in [0, 0.05) is 23.0 Å². The lowest BCUT2D eigenvalue weighted by atomic mass is 9.95. The monoisotopic (exact) mass is 211 g/mol. The highest BCUT2D eigenvalue weighted by Gasteiger charge is 2.22. The highest BCUT2D eigenvalue weighted by atomic mass is 35.5. The molecule has 1 atom stereocenters. The van der Waals surface area contributed by atoms with Crippen molar-refractivity contribution < 1.29 is 4.74 Å². The maximum Gasteiger partial charge on any atom is 0.124 e. The van der Waals surface area contributed by atoms with Gasteiger partial charge in [-0.2, -0.15) is 0 Å². The van der Waals surface area contributed by atoms with Gasteiger partial charge in [0.2, 0.25) is 0 Å². The van der Waals surface area contributed by atoms with Crippen LogP contribution in [-0.2, 0) is 0 Å². The van der Waals surface area contributed by atoms with Crippen LogP contribution in [0.2, 0.25) is 5.02 Å². The van der Waals surface area contributed by atoms with Crippen molar-refractivity contribution in [2.45, 2.75) is 26.3 Å². The van der Waals surface area contributed by atoms with Gasteiger partial charge in [-0.1, -0.05) is 11.6 Å². The molecule has 1 aliphatic heterocycles. The molecule has 1 aliphatic rings. The molecule has 0 fully saturated rings. The fraction of sp³-hybridized carbons (Fsp3) is 0.455. The molecule has 3 heteroatoms. The maximum atomic E-state index is 6.17. The van der Waals surface area contributed by atoms with E-state index in [1.165, 1.54) is 0 Å². The van der Waals surface area contributed by atoms with E-state index in [1.54, 1.807) is 0 Å². The molecule has 1 heterocycles. The van der Waals surface area contributed by atoms with E-state index in [4.69, 9.17) is 22.1 Å². The molecule has 1 aromatic carbocycles. The van der Waals surface area contributed by atoms with Crippen LogP contribution in [0.15, 0.2) is 6.07 Å². The number of hydrogen-bond donors (Lipinski definition) is 1. The first-order valence-corrected chi connectivity index (χ1v) is 5.17. The molecule has 0 bridgehead atoms. The lowest BCUT2D eigenvalue weighted by Gasteiger charge is -2.26. The molecule has 76 valence electrons. The van der Waals surface area contributed by atoms with Gasteiger partial charge in [-0.05, 0) is 31.0 Å². The second kappa shape index (κ2) is 3.44. The van der Waals surface area contributed by atoms with Crippen LogP contribution < -0.4 is 10.5 Å². The van der Waals surface area contributed by atoms with Gasteiger partial charge < -0.3 is 10.5 Å². The van der Waals surface area contributed by atoms with Crippen LogP contribution in [-0.4, -0.2) is 6.61 Å². The lowest BCUT2D eigenvalue weighted by Crippen LogP contribution is -2.22. The van der Waals surface area contributed by atoms with Crippen LogP contribution >= 0.6 is 11.6 Å². The first-order valence-electron chi connectivity index (χ1n) is 4.79. The zero-order valence-corrected chi connectivity index (χ0v) is 9.19. The molecular weight excluding hydrogens is 198 g/mol. The molecule has 1 aromatic rings. The summed E-state index contributed by atoms with van der Waals surface area (Å²) in [5, 5.41) is 0.810. The van der Waals surface area contributed by atoms with E-state index >= 15 is 0 Å². The van der Waals surface area contributed by atoms with Crippen LogP contribution in [0.3, 0.4) is 0 Å². The van der Waals surface area contributed by atoms with Gasteiger partial charge >= 0.3 is 0 Å². The van der Waals surface area contributed by atoms with Crippen LogP contribution in [0, 0.1) is 13.8 Å². The second-order valence-corrected chi connectivity index (χ2v) is 4.17. The van der Waals surface area contributed by atoms with E-state index in [0.717, 1.165) is 33.9 Å². The molecule has 14 heavy (non-hydrogen) atoms. The van der Waals surface area contributed by atoms with Crippen molar-refractivity contribution in [1.82, 2.24) is 0 Å². The van der Waals surface area contributed by atoms with Gasteiger partial charge in [-0.25, -0.2) is 0 Å². The fourth-order valence-electron chi connectivity index (χ4n) is 1.96. The van der Waals surface area contributed by atoms with Crippen molar-refractivity contribution in [2.24, 2.45) is 5.73 Å². The molecule has 0 radical (unpaired) electrons. The summed E-state index contributed by atoms with van der Waals surface area (Å²) in [5.41, 5.74) is 9.22. The van der Waals surface area contributed by atoms with Crippen LogP contribution in [0.5, 0.6) is 5.75 Å². The number of halogens is 1. The van der Waals surface area contributed by atoms with Gasteiger partial charge in [0.25, 0.3) is 0 Å². The largest absolute Gasteiger partial charge is 0.493 e. The Hall–Kier alpha value is -0.730. The average Bonchev–Trinajstić information content (AvgIpc) is 2.14. The summed E-state index contributed by atoms with van der Waals surface area (Å²) in [5.74, 6) is 0.906. The highest BCUT2D eigenvalue weighted by molar-refractivity contribution is 6.32. The predicted octanol–water partition coefficient (Wildman–Crippen LogP) is 2.74. The molecule has 0 aliphatic carbocycles. The Kier molecular flexibility index (Phi) is 2.41. The Balaban J connectivity index is 2.64. The van der Waals surface area contributed by atoms with Gasteiger partial charge in [-0.15, -0.1) is 0 Å². The van der Waals surface area contributed by atoms with Crippen molar-refractivity contribution in [1.29, 1.82) is 0 Å². The Labute approximate surface area is 89.0 Å². The number of hydrogen-bond acceptors (Lipinski definition) is 2. The minimum Gasteiger partial charge on any atom is -0.493 e. The van der Waals surface area contributed by atoms with Crippen molar-refractivity contribution in [3.8, 4) is 5.75 Å². The molecule has 0 aromatic heterocycles. The van der Waals surface area contributed by atoms with Gasteiger partial charge in [0.15, 0.2) is 0 Å². The summed E-state index contributed by atoms with van der Waals surface area (Å²) in [6.45, 7) is 4.69. The third-order valence-electron chi connectivity index (χ3n) is 2.75. The van der Waals surface area contributed by atoms with Crippen LogP contribution in [0.1, 0.15) is 29.2 Å². The minimum atomic E-state index is 0.0665. The number of fused-ring (bicyclic) bond motifs is 1. The smallest absolute Gasteiger partial charge is 0.124 e. The highest BCUT2D eigenvalue weighted by Crippen LogP contribution is 2.38. The van der Waals surface area contributed by atoms with Gasteiger partial charge in [-0.3, -0.25) is 0 Å². The van der Waals surface area contributed by atoms with Gasteiger partial charge in [0.05, 0.1) is 6.61 Å². The molecule has 2 nitrogen and oxygen atoms in total. The molecular formula is C11H14ClNO. The summed E-state index contributed by atoms with van der Waals surface area (Å²) in [4.78, 5) is 0. The molecule has 2 rings (SSSR count). The molecule has 0 saturated carbocycles. The number of nitrogens with two attached hydrogens (primary N) is 1. The number of ether oxygens (including phenoxy) is 1. The first kappa shape index (κ1) is 9.81. The summed E-state index contributed by atoms with van der Waals surface area (Å²) in [7, 11) is 0. The van der Waals surface area contributed by atoms with E-state index in [9.17, 15) is 0 Å². The summed E-state index contributed by atoms with van der Waals surface area (Å²) in [6, 6.07) is 2.04. The Morgan fingerprint density at radius 3 is 2.93 bits per heavy atom. The van der Waals surface area contributed by atoms with E-state index in [0.29, 0.717) is 6.61 Å². The Morgan fingerprint density at radius 1 is 1.50 bits per heavy atom. The zero-order valence-electron chi connectivity index (χ0n) is 8.43. The SMILES string of the molecule is Cc1cc2c(c(C)c1Cl)C(N)CCO2. The third-order valence-corrected chi connectivity index (χ3v) is 3.33. The Bertz CT molecular complexity index is 376. The van der Waals surface area contributed by atoms with E-state index < -0.39 is 0 Å². The average molecular weight is 212 g/mol. The maximum absolute atomic E-state index is 6.17. The van der Waals surface area contributed by atoms with E-state index in [2.05, 4.69) is 0 Å². The van der Waals surface area contributed by atoms with Crippen molar-refractivity contribution in [3.63, 3.8) is 0 Å². The molecule has 1 unspecified atom stereocenters. The zero-order chi connectivity index (χ0) is 10.3. The molecule has 0 amide bonds. The standard InChI is InChI=1S/C11H14ClNO/c1-6-5-9-10(7(2)11(6)12)8(13)3-4-14-9/h5,8H,3-4,13H2,1-2H3. The molecule has 0 saturated heterocycles. The topological polar surface area (TPSA) is 35.2 Å². The van der Waals surface area contributed by atoms with Gasteiger partial charge in [0.1, 0.15) is 5.75 Å². The molecule has 0 spiro atoms. The third kappa shape index (κ3) is 1.39. The first-order chi connectivity index (χ1) is 6.61. The molecule has 2 N–H and O–H groups in total. The van der Waals surface area contributed by atoms with E-state index in [-0.39, 0.29) is 6.04 Å². The number of rotatable bonds is 0. The number of benzene rings is 1. The van der Waals surface area contributed by atoms with Crippen LogP contribution in [0.25, 0.3) is 0 Å². The van der Waals surface area contributed by atoms with Crippen LogP contribution in [0.4, 0.5) is 0 Å². The van der Waals surface area contributed by atoms with Crippen molar-refractivity contribution in [3.05, 3.63) is 27.8 Å². The number of aryl methyl sites for hydroxylation is 1. The quantitative estimate of drug-likeness (QED) is 0.716. The van der Waals surface area contributed by atoms with Crippen molar-refractivity contribution in [2.75, 3.05) is 6.61 Å². The lowest BCUT2D eigenvalue weighted by molar-refractivity contribution is 0.268. The normalized spacial score (nSPS) is 20.1. The summed E-state index contributed by atoms with van der Waals surface area (Å²) in [6.07, 6.45) is 0.868. The Morgan fingerprint density at radius 2 is 2.21 bits per heavy atom. The summed E-state index contributed by atoms with van der Waals surface area (Å²) >= 11 is 6.17. The van der Waals surface area contributed by atoms with Crippen molar-refractivity contribution >= 4 is 11.6 Å². The summed E-state index contributed by atoms with van der Waals surface area (Å²) < 4.78 is 5.57. The fourth-order valence-corrected chi connectivity index (χ4v) is 2.11.